The normalized spacial score (nSPS) is 13.7. The Hall–Kier alpha value is -2.56. The van der Waals surface area contributed by atoms with Crippen molar-refractivity contribution in [1.29, 1.82) is 0 Å². The summed E-state index contributed by atoms with van der Waals surface area (Å²) in [6.45, 7) is 0.290. The molecule has 0 saturated heterocycles. The van der Waals surface area contributed by atoms with E-state index in [1.54, 1.807) is 6.07 Å². The number of anilines is 1. The first-order valence-electron chi connectivity index (χ1n) is 7.66. The van der Waals surface area contributed by atoms with E-state index < -0.39 is 0 Å². The second-order valence-corrected chi connectivity index (χ2v) is 5.66. The topological polar surface area (TPSA) is 59.6 Å². The van der Waals surface area contributed by atoms with E-state index >= 15 is 0 Å². The molecule has 0 bridgehead atoms. The molecular weight excluding hydrogens is 293 g/mol. The SMILES string of the molecule is COc1cc(F)cc(CN=C(N)Nc2ccc3c(c2)CCC3)c1. The number of aryl methyl sites for hydroxylation is 2. The quantitative estimate of drug-likeness (QED) is 0.673. The molecule has 23 heavy (non-hydrogen) atoms. The summed E-state index contributed by atoms with van der Waals surface area (Å²) in [5.41, 5.74) is 10.4. The molecule has 0 aliphatic heterocycles. The van der Waals surface area contributed by atoms with Crippen molar-refractivity contribution in [2.45, 2.75) is 25.8 Å². The number of rotatable bonds is 4. The van der Waals surface area contributed by atoms with Crippen LogP contribution >= 0.6 is 0 Å². The average molecular weight is 313 g/mol. The van der Waals surface area contributed by atoms with Gasteiger partial charge in [0, 0.05) is 11.8 Å². The fourth-order valence-corrected chi connectivity index (χ4v) is 2.84. The van der Waals surface area contributed by atoms with Gasteiger partial charge < -0.3 is 15.8 Å². The Morgan fingerprint density at radius 2 is 2.04 bits per heavy atom. The van der Waals surface area contributed by atoms with Gasteiger partial charge in [0.05, 0.1) is 13.7 Å². The van der Waals surface area contributed by atoms with E-state index in [0.29, 0.717) is 17.3 Å². The van der Waals surface area contributed by atoms with Gasteiger partial charge in [0.1, 0.15) is 11.6 Å². The van der Waals surface area contributed by atoms with E-state index in [9.17, 15) is 4.39 Å². The molecule has 0 heterocycles. The first kappa shape index (κ1) is 15.3. The predicted octanol–water partition coefficient (Wildman–Crippen LogP) is 3.25. The molecule has 0 radical (unpaired) electrons. The summed E-state index contributed by atoms with van der Waals surface area (Å²) < 4.78 is 18.5. The van der Waals surface area contributed by atoms with Crippen molar-refractivity contribution in [3.05, 3.63) is 58.9 Å². The van der Waals surface area contributed by atoms with Crippen LogP contribution in [0, 0.1) is 5.82 Å². The van der Waals surface area contributed by atoms with Crippen molar-refractivity contribution in [1.82, 2.24) is 0 Å². The summed E-state index contributed by atoms with van der Waals surface area (Å²) in [7, 11) is 1.51. The second-order valence-electron chi connectivity index (χ2n) is 5.66. The number of benzene rings is 2. The highest BCUT2D eigenvalue weighted by molar-refractivity contribution is 5.92. The van der Waals surface area contributed by atoms with Crippen LogP contribution in [0.2, 0.25) is 0 Å². The summed E-state index contributed by atoms with van der Waals surface area (Å²) in [4.78, 5) is 4.26. The highest BCUT2D eigenvalue weighted by Gasteiger charge is 2.10. The Morgan fingerprint density at radius 3 is 2.87 bits per heavy atom. The minimum Gasteiger partial charge on any atom is -0.497 e. The summed E-state index contributed by atoms with van der Waals surface area (Å²) in [5, 5.41) is 3.09. The third-order valence-electron chi connectivity index (χ3n) is 3.97. The highest BCUT2D eigenvalue weighted by atomic mass is 19.1. The smallest absolute Gasteiger partial charge is 0.193 e. The summed E-state index contributed by atoms with van der Waals surface area (Å²) in [6.07, 6.45) is 3.48. The standard InChI is InChI=1S/C18H20FN3O/c1-23-17-8-12(7-15(19)10-17)11-21-18(20)22-16-6-5-13-3-2-4-14(13)9-16/h5-10H,2-4,11H2,1H3,(H3,20,21,22). The number of ether oxygens (including phenoxy) is 1. The number of halogens is 1. The average Bonchev–Trinajstić information content (AvgIpc) is 3.00. The predicted molar refractivity (Wildman–Crippen MR) is 90.4 cm³/mol. The van der Waals surface area contributed by atoms with Gasteiger partial charge in [0.15, 0.2) is 5.96 Å². The molecule has 3 rings (SSSR count). The van der Waals surface area contributed by atoms with Crippen LogP contribution in [-0.4, -0.2) is 13.1 Å². The molecule has 0 amide bonds. The van der Waals surface area contributed by atoms with Crippen molar-refractivity contribution in [2.24, 2.45) is 10.7 Å². The maximum absolute atomic E-state index is 13.4. The third-order valence-corrected chi connectivity index (χ3v) is 3.97. The van der Waals surface area contributed by atoms with Gasteiger partial charge in [0.2, 0.25) is 0 Å². The van der Waals surface area contributed by atoms with Gasteiger partial charge in [-0.3, -0.25) is 0 Å². The molecule has 2 aromatic rings. The number of fused-ring (bicyclic) bond motifs is 1. The van der Waals surface area contributed by atoms with Crippen LogP contribution in [-0.2, 0) is 19.4 Å². The van der Waals surface area contributed by atoms with Crippen molar-refractivity contribution >= 4 is 11.6 Å². The summed E-state index contributed by atoms with van der Waals surface area (Å²) in [5.74, 6) is 0.436. The van der Waals surface area contributed by atoms with Gasteiger partial charge in [-0.1, -0.05) is 6.07 Å². The molecule has 1 aliphatic rings. The fraction of sp³-hybridized carbons (Fsp3) is 0.278. The molecule has 5 heteroatoms. The number of aliphatic imine (C=N–C) groups is 1. The van der Waals surface area contributed by atoms with E-state index in [4.69, 9.17) is 10.5 Å². The minimum absolute atomic E-state index is 0.290. The van der Waals surface area contributed by atoms with E-state index in [0.717, 1.165) is 18.5 Å². The maximum atomic E-state index is 13.4. The molecule has 1 aliphatic carbocycles. The maximum Gasteiger partial charge on any atom is 0.193 e. The number of hydrogen-bond acceptors (Lipinski definition) is 2. The molecule has 0 unspecified atom stereocenters. The van der Waals surface area contributed by atoms with E-state index in [1.807, 2.05) is 6.07 Å². The lowest BCUT2D eigenvalue weighted by atomic mass is 10.1. The lowest BCUT2D eigenvalue weighted by Gasteiger charge is -2.08. The molecule has 0 fully saturated rings. The Balaban J connectivity index is 1.67. The monoisotopic (exact) mass is 313 g/mol. The largest absolute Gasteiger partial charge is 0.497 e. The van der Waals surface area contributed by atoms with E-state index in [1.165, 1.54) is 36.8 Å². The molecule has 0 spiro atoms. The zero-order valence-electron chi connectivity index (χ0n) is 13.1. The second kappa shape index (κ2) is 6.69. The van der Waals surface area contributed by atoms with Crippen LogP contribution in [0.25, 0.3) is 0 Å². The number of nitrogens with zero attached hydrogens (tertiary/aromatic N) is 1. The van der Waals surface area contributed by atoms with E-state index in [2.05, 4.69) is 22.4 Å². The molecule has 0 atom stereocenters. The van der Waals surface area contributed by atoms with Gasteiger partial charge in [-0.05, 0) is 60.2 Å². The van der Waals surface area contributed by atoms with Crippen LogP contribution in [0.15, 0.2) is 41.4 Å². The summed E-state index contributed by atoms with van der Waals surface area (Å²) in [6, 6.07) is 10.8. The zero-order chi connectivity index (χ0) is 16.2. The van der Waals surface area contributed by atoms with Crippen molar-refractivity contribution < 1.29 is 9.13 Å². The van der Waals surface area contributed by atoms with Gasteiger partial charge in [-0.25, -0.2) is 9.38 Å². The van der Waals surface area contributed by atoms with Crippen LogP contribution < -0.4 is 15.8 Å². The molecule has 3 N–H and O–H groups in total. The minimum atomic E-state index is -0.347. The molecule has 0 aromatic heterocycles. The van der Waals surface area contributed by atoms with Crippen molar-refractivity contribution in [2.75, 3.05) is 12.4 Å². The van der Waals surface area contributed by atoms with E-state index in [-0.39, 0.29) is 12.4 Å². The summed E-state index contributed by atoms with van der Waals surface area (Å²) >= 11 is 0. The number of methoxy groups -OCH3 is 1. The molecular formula is C18H20FN3O. The fourth-order valence-electron chi connectivity index (χ4n) is 2.84. The Kier molecular flexibility index (Phi) is 4.46. The van der Waals surface area contributed by atoms with Crippen LogP contribution in [0.4, 0.5) is 10.1 Å². The molecule has 120 valence electrons. The van der Waals surface area contributed by atoms with Crippen LogP contribution in [0.3, 0.4) is 0 Å². The first-order chi connectivity index (χ1) is 11.1. The van der Waals surface area contributed by atoms with Crippen molar-refractivity contribution in [3.63, 3.8) is 0 Å². The molecule has 0 saturated carbocycles. The highest BCUT2D eigenvalue weighted by Crippen LogP contribution is 2.24. The molecule has 4 nitrogen and oxygen atoms in total. The Morgan fingerprint density at radius 1 is 1.22 bits per heavy atom. The van der Waals surface area contributed by atoms with Crippen molar-refractivity contribution in [3.8, 4) is 5.75 Å². The zero-order valence-corrected chi connectivity index (χ0v) is 13.1. The first-order valence-corrected chi connectivity index (χ1v) is 7.66. The lowest BCUT2D eigenvalue weighted by molar-refractivity contribution is 0.410. The lowest BCUT2D eigenvalue weighted by Crippen LogP contribution is -2.22. The van der Waals surface area contributed by atoms with Gasteiger partial charge >= 0.3 is 0 Å². The Bertz CT molecular complexity index is 743. The number of nitrogens with one attached hydrogen (secondary N) is 1. The third kappa shape index (κ3) is 3.80. The van der Waals surface area contributed by atoms with Gasteiger partial charge in [-0.15, -0.1) is 0 Å². The van der Waals surface area contributed by atoms with Crippen LogP contribution in [0.1, 0.15) is 23.1 Å². The van der Waals surface area contributed by atoms with Crippen LogP contribution in [0.5, 0.6) is 5.75 Å². The number of guanidine groups is 1. The number of hydrogen-bond donors (Lipinski definition) is 2. The van der Waals surface area contributed by atoms with Gasteiger partial charge in [0.25, 0.3) is 0 Å². The number of nitrogens with two attached hydrogens (primary N) is 1. The molecule has 2 aromatic carbocycles. The Labute approximate surface area is 135 Å². The van der Waals surface area contributed by atoms with Gasteiger partial charge in [-0.2, -0.15) is 0 Å².